The van der Waals surface area contributed by atoms with Crippen LogP contribution in [0.15, 0.2) is 72.8 Å². The molecule has 4 aromatic heterocycles. The van der Waals surface area contributed by atoms with Crippen molar-refractivity contribution < 1.29 is 27.8 Å². The van der Waals surface area contributed by atoms with Gasteiger partial charge in [0.25, 0.3) is 11.8 Å². The van der Waals surface area contributed by atoms with Gasteiger partial charge in [-0.05, 0) is 81.6 Å². The van der Waals surface area contributed by atoms with Crippen LogP contribution < -0.4 is 9.47 Å². The van der Waals surface area contributed by atoms with E-state index in [2.05, 4.69) is 20.8 Å². The molecule has 0 saturated heterocycles. The molecule has 0 saturated carbocycles. The molecule has 1 aliphatic rings. The molecule has 0 spiro atoms. The summed E-state index contributed by atoms with van der Waals surface area (Å²) in [5.74, 6) is -1.23. The normalized spacial score (nSPS) is 12.5. The van der Waals surface area contributed by atoms with Gasteiger partial charge in [-0.2, -0.15) is 0 Å². The number of aromatic nitrogens is 2. The number of amides is 2. The zero-order valence-electron chi connectivity index (χ0n) is 42.7. The second-order valence-corrected chi connectivity index (χ2v) is 22.7. The van der Waals surface area contributed by atoms with Crippen LogP contribution in [0.25, 0.3) is 64.2 Å². The van der Waals surface area contributed by atoms with Gasteiger partial charge in [0.1, 0.15) is 22.5 Å². The molecule has 8 rings (SSSR count). The molecule has 1 aliphatic heterocycles. The average molecular weight is 1030 g/mol. The van der Waals surface area contributed by atoms with E-state index in [0.717, 1.165) is 85.9 Å². The smallest absolute Gasteiger partial charge is 0.263 e. The number of hydrogen-bond donors (Lipinski definition) is 0. The average Bonchev–Trinajstić information content (AvgIpc) is 4.18. The van der Waals surface area contributed by atoms with Crippen molar-refractivity contribution in [2.45, 2.75) is 150 Å². The van der Waals surface area contributed by atoms with Gasteiger partial charge in [-0.1, -0.05) is 141 Å². The first-order valence-corrected chi connectivity index (χ1v) is 28.9. The van der Waals surface area contributed by atoms with Crippen molar-refractivity contribution in [1.82, 2.24) is 14.9 Å². The molecule has 3 aromatic carbocycles. The van der Waals surface area contributed by atoms with Crippen molar-refractivity contribution in [3.05, 3.63) is 105 Å². The summed E-state index contributed by atoms with van der Waals surface area (Å²) < 4.78 is 47.1. The van der Waals surface area contributed by atoms with Crippen LogP contribution in [0.3, 0.4) is 0 Å². The van der Waals surface area contributed by atoms with Crippen LogP contribution >= 0.6 is 34.0 Å². The van der Waals surface area contributed by atoms with E-state index in [1.165, 1.54) is 83.9 Å². The van der Waals surface area contributed by atoms with E-state index < -0.39 is 11.6 Å². The number of hydrogen-bond acceptors (Lipinski definition) is 9. The summed E-state index contributed by atoms with van der Waals surface area (Å²) in [6.07, 6.45) is 20.2. The Morgan fingerprint density at radius 1 is 0.500 bits per heavy atom. The van der Waals surface area contributed by atoms with E-state index in [9.17, 15) is 9.59 Å². The monoisotopic (exact) mass is 1030 g/mol. The molecule has 0 fully saturated rings. The Labute approximate surface area is 437 Å². The standard InChI is InChI=1S/C60H69F2N3O4S3/c1-6-9-12-15-16-17-18-19-20-21-34-65-59(66)48-40(5)71-58(51(48)60(65)67)47-33-32-46(72-47)50-53(62)52(61)49(45-31-30-39(4)70-45)56-57(50)64-55(42-27-25-29-44(38-42)69-36-23-14-11-8-3)54(63-56)41-26-24-28-43(37-41)68-35-22-13-10-7-2/h24-33,37-38H,6-23,34-36H2,1-5H3. The Morgan fingerprint density at radius 2 is 0.958 bits per heavy atom. The predicted molar refractivity (Wildman–Crippen MR) is 296 cm³/mol. The van der Waals surface area contributed by atoms with Crippen LogP contribution in [-0.4, -0.2) is 46.4 Å². The van der Waals surface area contributed by atoms with E-state index in [-0.39, 0.29) is 34.0 Å². The Hall–Kier alpha value is -5.30. The quantitative estimate of drug-likeness (QED) is 0.0359. The summed E-state index contributed by atoms with van der Waals surface area (Å²) in [5.41, 5.74) is 3.71. The fourth-order valence-electron chi connectivity index (χ4n) is 9.63. The minimum Gasteiger partial charge on any atom is -0.494 e. The Kier molecular flexibility index (Phi) is 18.8. The predicted octanol–water partition coefficient (Wildman–Crippen LogP) is 18.5. The van der Waals surface area contributed by atoms with Crippen LogP contribution in [0.4, 0.5) is 8.78 Å². The lowest BCUT2D eigenvalue weighted by molar-refractivity contribution is 0.0651. The van der Waals surface area contributed by atoms with Gasteiger partial charge in [0.05, 0.1) is 51.7 Å². The molecule has 0 N–H and O–H groups in total. The second-order valence-electron chi connectivity index (χ2n) is 19.1. The maximum Gasteiger partial charge on any atom is 0.263 e. The fraction of sp³-hybridized carbons (Fsp3) is 0.433. The molecular formula is C60H69F2N3O4S3. The van der Waals surface area contributed by atoms with E-state index in [1.54, 1.807) is 6.07 Å². The van der Waals surface area contributed by atoms with E-state index in [0.29, 0.717) is 78.8 Å². The first-order valence-electron chi connectivity index (χ1n) is 26.5. The minimum atomic E-state index is -1.03. The second kappa shape index (κ2) is 25.6. The lowest BCUT2D eigenvalue weighted by Gasteiger charge is -2.17. The van der Waals surface area contributed by atoms with Gasteiger partial charge in [-0.3, -0.25) is 14.5 Å². The van der Waals surface area contributed by atoms with Crippen molar-refractivity contribution in [3.63, 3.8) is 0 Å². The van der Waals surface area contributed by atoms with Crippen LogP contribution in [-0.2, 0) is 0 Å². The van der Waals surface area contributed by atoms with Crippen molar-refractivity contribution in [2.75, 3.05) is 19.8 Å². The number of unbranched alkanes of at least 4 members (excludes halogenated alkanes) is 15. The lowest BCUT2D eigenvalue weighted by Crippen LogP contribution is -2.31. The summed E-state index contributed by atoms with van der Waals surface area (Å²) >= 11 is 4.02. The van der Waals surface area contributed by atoms with E-state index in [1.807, 2.05) is 80.6 Å². The highest BCUT2D eigenvalue weighted by Crippen LogP contribution is 2.49. The highest BCUT2D eigenvalue weighted by Gasteiger charge is 2.41. The molecular weight excluding hydrogens is 961 g/mol. The van der Waals surface area contributed by atoms with Gasteiger partial charge in [0.15, 0.2) is 11.6 Å². The van der Waals surface area contributed by atoms with Crippen molar-refractivity contribution in [1.29, 1.82) is 0 Å². The first-order chi connectivity index (χ1) is 35.1. The number of nitrogens with zero attached hydrogens (tertiary/aromatic N) is 3. The third kappa shape index (κ3) is 12.2. The number of halogens is 2. The molecule has 72 heavy (non-hydrogen) atoms. The summed E-state index contributed by atoms with van der Waals surface area (Å²) in [7, 11) is 0. The molecule has 5 heterocycles. The number of thiophene rings is 3. The Bertz CT molecular complexity index is 2970. The van der Waals surface area contributed by atoms with Gasteiger partial charge in [-0.25, -0.2) is 18.7 Å². The maximum atomic E-state index is 17.4. The van der Waals surface area contributed by atoms with Crippen LogP contribution in [0.5, 0.6) is 11.5 Å². The molecule has 0 atom stereocenters. The molecule has 380 valence electrons. The number of imide groups is 1. The van der Waals surface area contributed by atoms with E-state index >= 15 is 8.78 Å². The maximum absolute atomic E-state index is 17.4. The molecule has 0 aliphatic carbocycles. The molecule has 7 aromatic rings. The number of benzene rings is 3. The van der Waals surface area contributed by atoms with Crippen molar-refractivity contribution >= 4 is 56.9 Å². The molecule has 0 bridgehead atoms. The van der Waals surface area contributed by atoms with Crippen LogP contribution in [0.1, 0.15) is 167 Å². The lowest BCUT2D eigenvalue weighted by atomic mass is 9.99. The molecule has 2 amide bonds. The zero-order valence-corrected chi connectivity index (χ0v) is 45.2. The van der Waals surface area contributed by atoms with Gasteiger partial charge in [-0.15, -0.1) is 34.0 Å². The number of aryl methyl sites for hydroxylation is 2. The Balaban J connectivity index is 1.18. The third-order valence-corrected chi connectivity index (χ3v) is 17.0. The van der Waals surface area contributed by atoms with Gasteiger partial charge in [0.2, 0.25) is 0 Å². The molecule has 0 unspecified atom stereocenters. The number of ether oxygens (including phenoxy) is 2. The largest absolute Gasteiger partial charge is 0.494 e. The van der Waals surface area contributed by atoms with Crippen LogP contribution in [0.2, 0.25) is 0 Å². The molecule has 12 heteroatoms. The number of carbonyl (C=O) groups is 2. The number of carbonyl (C=O) groups excluding carboxylic acids is 2. The highest BCUT2D eigenvalue weighted by atomic mass is 32.1. The zero-order chi connectivity index (χ0) is 50.6. The van der Waals surface area contributed by atoms with Gasteiger partial charge in [0, 0.05) is 42.1 Å². The minimum absolute atomic E-state index is 0.0153. The van der Waals surface area contributed by atoms with Crippen LogP contribution in [0, 0.1) is 25.5 Å². The van der Waals surface area contributed by atoms with E-state index in [4.69, 9.17) is 19.4 Å². The van der Waals surface area contributed by atoms with Gasteiger partial charge >= 0.3 is 0 Å². The number of rotatable bonds is 28. The van der Waals surface area contributed by atoms with Crippen molar-refractivity contribution in [2.24, 2.45) is 0 Å². The number of fused-ring (bicyclic) bond motifs is 2. The highest BCUT2D eigenvalue weighted by molar-refractivity contribution is 7.24. The summed E-state index contributed by atoms with van der Waals surface area (Å²) in [6, 6.07) is 22.8. The van der Waals surface area contributed by atoms with Crippen molar-refractivity contribution in [3.8, 4) is 64.6 Å². The Morgan fingerprint density at radius 3 is 1.47 bits per heavy atom. The SMILES string of the molecule is CCCCCCCCCCCCN1C(=O)c2c(C)sc(-c3ccc(-c4c(F)c(F)c(-c5ccc(C)s5)c5nc(-c6cccc(OCCCCCC)c6)c(-c6cccc(OCCCCCC)c6)nc45)s3)c2C1=O. The fourth-order valence-corrected chi connectivity index (χ4v) is 12.8. The first kappa shape index (κ1) is 53.0. The molecule has 7 nitrogen and oxygen atoms in total. The topological polar surface area (TPSA) is 81.6 Å². The summed E-state index contributed by atoms with van der Waals surface area (Å²) in [6.45, 7) is 11.9. The summed E-state index contributed by atoms with van der Waals surface area (Å²) in [4.78, 5) is 44.1. The summed E-state index contributed by atoms with van der Waals surface area (Å²) in [5, 5.41) is 0. The third-order valence-electron chi connectivity index (χ3n) is 13.5. The van der Waals surface area contributed by atoms with Gasteiger partial charge < -0.3 is 9.47 Å². The molecule has 0 radical (unpaired) electrons.